The third-order valence-electron chi connectivity index (χ3n) is 2.08. The molecule has 0 aliphatic carbocycles. The zero-order valence-electron chi connectivity index (χ0n) is 8.86. The maximum atomic E-state index is 10.6. The Hall–Kier alpha value is -0.580. The molecule has 0 saturated heterocycles. The van der Waals surface area contributed by atoms with Crippen molar-refractivity contribution in [2.75, 3.05) is 13.6 Å². The van der Waals surface area contributed by atoms with Gasteiger partial charge in [-0.2, -0.15) is 0 Å². The average Bonchev–Trinajstić information content (AvgIpc) is 2.16. The van der Waals surface area contributed by atoms with Gasteiger partial charge in [-0.3, -0.25) is 4.79 Å². The highest BCUT2D eigenvalue weighted by molar-refractivity contribution is 9.10. The lowest BCUT2D eigenvalue weighted by Gasteiger charge is -2.18. The number of carboxylic acids is 1. The molecule has 0 spiro atoms. The molecule has 1 aromatic carbocycles. The van der Waals surface area contributed by atoms with E-state index in [0.717, 1.165) is 10.0 Å². The van der Waals surface area contributed by atoms with Crippen molar-refractivity contribution in [1.29, 1.82) is 0 Å². The number of hydrogen-bond acceptors (Lipinski definition) is 2. The van der Waals surface area contributed by atoms with Crippen LogP contribution >= 0.6 is 27.5 Å². The number of hydrogen-bond donors (Lipinski definition) is 1. The lowest BCUT2D eigenvalue weighted by Crippen LogP contribution is -2.30. The van der Waals surface area contributed by atoms with Crippen molar-refractivity contribution in [2.45, 2.75) is 11.9 Å². The minimum absolute atomic E-state index is 0.323. The molecule has 0 bridgehead atoms. The lowest BCUT2D eigenvalue weighted by atomic mass is 10.2. The summed E-state index contributed by atoms with van der Waals surface area (Å²) in [5.74, 6) is -0.984. The predicted octanol–water partition coefficient (Wildman–Crippen LogP) is 2.57. The van der Waals surface area contributed by atoms with E-state index in [4.69, 9.17) is 16.7 Å². The van der Waals surface area contributed by atoms with Crippen LogP contribution in [-0.4, -0.2) is 34.9 Å². The summed E-state index contributed by atoms with van der Waals surface area (Å²) in [6, 6.07) is 7.89. The van der Waals surface area contributed by atoms with Gasteiger partial charge in [0.1, 0.15) is 5.38 Å². The van der Waals surface area contributed by atoms with Crippen molar-refractivity contribution in [3.63, 3.8) is 0 Å². The van der Waals surface area contributed by atoms with E-state index in [9.17, 15) is 4.79 Å². The molecule has 0 aliphatic heterocycles. The third-order valence-corrected chi connectivity index (χ3v) is 2.90. The molecular formula is C11H13BrClNO2. The molecule has 1 atom stereocenters. The van der Waals surface area contributed by atoms with E-state index in [2.05, 4.69) is 15.9 Å². The number of benzene rings is 1. The minimum atomic E-state index is -0.984. The third kappa shape index (κ3) is 4.51. The summed E-state index contributed by atoms with van der Waals surface area (Å²) in [5, 5.41) is 7.81. The first-order valence-electron chi connectivity index (χ1n) is 4.79. The molecule has 1 aromatic rings. The number of halogens is 2. The number of carbonyl (C=O) groups is 1. The summed E-state index contributed by atoms with van der Waals surface area (Å²) in [7, 11) is 1.85. The lowest BCUT2D eigenvalue weighted by molar-refractivity contribution is -0.136. The van der Waals surface area contributed by atoms with E-state index in [1.54, 1.807) is 0 Å². The molecule has 0 saturated carbocycles. The van der Waals surface area contributed by atoms with Crippen molar-refractivity contribution >= 4 is 33.5 Å². The van der Waals surface area contributed by atoms with Gasteiger partial charge in [0, 0.05) is 17.6 Å². The molecule has 1 N–H and O–H groups in total. The fraction of sp³-hybridized carbons (Fsp3) is 0.364. The van der Waals surface area contributed by atoms with Crippen LogP contribution in [0.25, 0.3) is 0 Å². The Balaban J connectivity index is 2.51. The summed E-state index contributed by atoms with van der Waals surface area (Å²) < 4.78 is 1.01. The number of aliphatic carboxylic acids is 1. The average molecular weight is 307 g/mol. The van der Waals surface area contributed by atoms with Gasteiger partial charge in [-0.25, -0.2) is 0 Å². The molecular weight excluding hydrogens is 293 g/mol. The van der Waals surface area contributed by atoms with Crippen LogP contribution in [0.1, 0.15) is 5.56 Å². The first-order chi connectivity index (χ1) is 7.49. The molecule has 0 aromatic heterocycles. The maximum Gasteiger partial charge on any atom is 0.322 e. The Bertz CT molecular complexity index is 373. The van der Waals surface area contributed by atoms with E-state index in [-0.39, 0.29) is 0 Å². The first-order valence-corrected chi connectivity index (χ1v) is 6.02. The summed E-state index contributed by atoms with van der Waals surface area (Å²) in [6.07, 6.45) is 0. The van der Waals surface area contributed by atoms with Crippen molar-refractivity contribution < 1.29 is 9.90 Å². The summed E-state index contributed by atoms with van der Waals surface area (Å²) in [5.41, 5.74) is 1.12. The smallest absolute Gasteiger partial charge is 0.322 e. The van der Waals surface area contributed by atoms with Crippen LogP contribution in [0.2, 0.25) is 0 Å². The number of carboxylic acid groups (broad SMARTS) is 1. The molecule has 0 fully saturated rings. The zero-order valence-corrected chi connectivity index (χ0v) is 11.2. The van der Waals surface area contributed by atoms with E-state index in [1.165, 1.54) is 0 Å². The van der Waals surface area contributed by atoms with Gasteiger partial charge in [0.25, 0.3) is 0 Å². The van der Waals surface area contributed by atoms with E-state index >= 15 is 0 Å². The maximum absolute atomic E-state index is 10.6. The minimum Gasteiger partial charge on any atom is -0.480 e. The first kappa shape index (κ1) is 13.5. The molecule has 0 radical (unpaired) electrons. The molecule has 0 aliphatic rings. The van der Waals surface area contributed by atoms with Gasteiger partial charge in [-0.15, -0.1) is 11.6 Å². The molecule has 5 heteroatoms. The summed E-state index contributed by atoms with van der Waals surface area (Å²) in [6.45, 7) is 0.999. The fourth-order valence-electron chi connectivity index (χ4n) is 1.36. The van der Waals surface area contributed by atoms with Gasteiger partial charge >= 0.3 is 5.97 Å². The van der Waals surface area contributed by atoms with E-state index in [0.29, 0.717) is 13.1 Å². The molecule has 88 valence electrons. The highest BCUT2D eigenvalue weighted by Crippen LogP contribution is 2.13. The van der Waals surface area contributed by atoms with Gasteiger partial charge in [-0.05, 0) is 24.7 Å². The molecule has 1 unspecified atom stereocenters. The van der Waals surface area contributed by atoms with Crippen LogP contribution in [0.3, 0.4) is 0 Å². The summed E-state index contributed by atoms with van der Waals surface area (Å²) in [4.78, 5) is 12.5. The van der Waals surface area contributed by atoms with E-state index < -0.39 is 11.3 Å². The van der Waals surface area contributed by atoms with Crippen molar-refractivity contribution in [3.05, 3.63) is 34.3 Å². The SMILES string of the molecule is CN(Cc1cccc(Br)c1)CC(Cl)C(=O)O. The van der Waals surface area contributed by atoms with Crippen LogP contribution in [0.5, 0.6) is 0 Å². The predicted molar refractivity (Wildman–Crippen MR) is 67.8 cm³/mol. The van der Waals surface area contributed by atoms with Gasteiger partial charge in [0.05, 0.1) is 0 Å². The van der Waals surface area contributed by atoms with Crippen LogP contribution in [0, 0.1) is 0 Å². The summed E-state index contributed by atoms with van der Waals surface area (Å²) >= 11 is 9.05. The Labute approximate surface area is 108 Å². The normalized spacial score (nSPS) is 12.8. The molecule has 1 rings (SSSR count). The van der Waals surface area contributed by atoms with Crippen LogP contribution in [0.4, 0.5) is 0 Å². The fourth-order valence-corrected chi connectivity index (χ4v) is 2.05. The van der Waals surface area contributed by atoms with Crippen molar-refractivity contribution in [3.8, 4) is 0 Å². The monoisotopic (exact) mass is 305 g/mol. The Morgan fingerprint density at radius 1 is 1.62 bits per heavy atom. The highest BCUT2D eigenvalue weighted by atomic mass is 79.9. The van der Waals surface area contributed by atoms with Crippen LogP contribution < -0.4 is 0 Å². The van der Waals surface area contributed by atoms with Gasteiger partial charge < -0.3 is 10.0 Å². The Morgan fingerprint density at radius 2 is 2.31 bits per heavy atom. The second kappa shape index (κ2) is 6.23. The second-order valence-electron chi connectivity index (χ2n) is 3.63. The van der Waals surface area contributed by atoms with Crippen molar-refractivity contribution in [1.82, 2.24) is 4.90 Å². The van der Waals surface area contributed by atoms with E-state index in [1.807, 2.05) is 36.2 Å². The quantitative estimate of drug-likeness (QED) is 0.850. The number of rotatable bonds is 5. The second-order valence-corrected chi connectivity index (χ2v) is 5.07. The molecule has 3 nitrogen and oxygen atoms in total. The highest BCUT2D eigenvalue weighted by Gasteiger charge is 2.15. The zero-order chi connectivity index (χ0) is 12.1. The molecule has 0 heterocycles. The van der Waals surface area contributed by atoms with Crippen LogP contribution in [0.15, 0.2) is 28.7 Å². The van der Waals surface area contributed by atoms with Crippen molar-refractivity contribution in [2.24, 2.45) is 0 Å². The number of nitrogens with zero attached hydrogens (tertiary/aromatic N) is 1. The molecule has 0 amide bonds. The van der Waals surface area contributed by atoms with Crippen LogP contribution in [-0.2, 0) is 11.3 Å². The number of alkyl halides is 1. The van der Waals surface area contributed by atoms with Gasteiger partial charge in [-0.1, -0.05) is 28.1 Å². The topological polar surface area (TPSA) is 40.5 Å². The standard InChI is InChI=1S/C11H13BrClNO2/c1-14(7-10(13)11(15)16)6-8-3-2-4-9(12)5-8/h2-5,10H,6-7H2,1H3,(H,15,16). The largest absolute Gasteiger partial charge is 0.480 e. The molecule has 16 heavy (non-hydrogen) atoms. The Kier molecular flexibility index (Phi) is 5.25. The van der Waals surface area contributed by atoms with Gasteiger partial charge in [0.2, 0.25) is 0 Å². The Morgan fingerprint density at radius 3 is 2.88 bits per heavy atom. The van der Waals surface area contributed by atoms with Gasteiger partial charge in [0.15, 0.2) is 0 Å².